The lowest BCUT2D eigenvalue weighted by atomic mass is 9.45. The molecule has 39 heavy (non-hydrogen) atoms. The smallest absolute Gasteiger partial charge is 0.336 e. The van der Waals surface area contributed by atoms with Crippen LogP contribution in [0.2, 0.25) is 0 Å². The monoisotopic (exact) mass is 536 g/mol. The molecule has 4 N–H and O–H groups in total. The van der Waals surface area contributed by atoms with Gasteiger partial charge in [-0.25, -0.2) is 4.79 Å². The lowest BCUT2D eigenvalue weighted by Gasteiger charge is -2.60. The Kier molecular flexibility index (Phi) is 7.03. The van der Waals surface area contributed by atoms with Gasteiger partial charge >= 0.3 is 5.63 Å². The Hall–Kier alpha value is -2.38. The third-order valence-electron chi connectivity index (χ3n) is 11.5. The summed E-state index contributed by atoms with van der Waals surface area (Å²) in [6.07, 6.45) is 10.9. The Morgan fingerprint density at radius 3 is 2.72 bits per heavy atom. The van der Waals surface area contributed by atoms with Crippen LogP contribution in [-0.2, 0) is 16.0 Å². The molecule has 0 saturated heterocycles. The highest BCUT2D eigenvalue weighted by molar-refractivity contribution is 5.83. The predicted octanol–water partition coefficient (Wildman–Crippen LogP) is 4.82. The minimum absolute atomic E-state index is 0.0763. The highest BCUT2D eigenvalue weighted by Gasteiger charge is 2.60. The zero-order valence-electron chi connectivity index (χ0n) is 23.4. The molecule has 0 unspecified atom stereocenters. The third kappa shape index (κ3) is 4.80. The standard InChI is InChI=1S/C32H44N2O5/c1-31-12-9-22(35)16-20(31)3-5-24-25-7-8-28(32(25,2)13-10-26(24)31)38-18-29(36)34-14-11-19-15-30(37)39-27-17-21(33)4-6-23(19)27/h4,6,15,17,20,22,24-26,28,35H,3,5,7-14,16,18,33H2,1-2H3,(H,34,36)/t20-,22+,24-,25-,26-,28-,31-,32-/m0/s1. The Labute approximate surface area is 230 Å². The van der Waals surface area contributed by atoms with Crippen LogP contribution < -0.4 is 16.7 Å². The van der Waals surface area contributed by atoms with Gasteiger partial charge in [0, 0.05) is 29.8 Å². The summed E-state index contributed by atoms with van der Waals surface area (Å²) in [6, 6.07) is 6.78. The number of anilines is 1. The summed E-state index contributed by atoms with van der Waals surface area (Å²) < 4.78 is 11.6. The van der Waals surface area contributed by atoms with Gasteiger partial charge < -0.3 is 25.3 Å². The van der Waals surface area contributed by atoms with E-state index >= 15 is 0 Å². The van der Waals surface area contributed by atoms with Crippen molar-refractivity contribution < 1.29 is 19.1 Å². The zero-order valence-corrected chi connectivity index (χ0v) is 23.4. The van der Waals surface area contributed by atoms with Crippen LogP contribution in [0.1, 0.15) is 77.2 Å². The second-order valence-electron chi connectivity index (χ2n) is 13.5. The maximum atomic E-state index is 12.7. The van der Waals surface area contributed by atoms with Crippen LogP contribution in [0.25, 0.3) is 11.0 Å². The van der Waals surface area contributed by atoms with E-state index in [0.29, 0.717) is 41.5 Å². The van der Waals surface area contributed by atoms with Crippen molar-refractivity contribution in [2.45, 2.75) is 90.3 Å². The highest BCUT2D eigenvalue weighted by Crippen LogP contribution is 2.66. The van der Waals surface area contributed by atoms with Gasteiger partial charge in [-0.2, -0.15) is 0 Å². The molecule has 1 heterocycles. The van der Waals surface area contributed by atoms with E-state index in [4.69, 9.17) is 14.9 Å². The van der Waals surface area contributed by atoms with Gasteiger partial charge in [0.2, 0.25) is 5.91 Å². The number of hydrogen-bond donors (Lipinski definition) is 3. The lowest BCUT2D eigenvalue weighted by molar-refractivity contribution is -0.147. The molecular formula is C32H44N2O5. The maximum Gasteiger partial charge on any atom is 0.336 e. The Bertz CT molecular complexity index is 1290. The maximum absolute atomic E-state index is 12.7. The number of fused-ring (bicyclic) bond motifs is 6. The number of benzene rings is 1. The third-order valence-corrected chi connectivity index (χ3v) is 11.5. The second-order valence-corrected chi connectivity index (χ2v) is 13.5. The summed E-state index contributed by atoms with van der Waals surface area (Å²) in [6.45, 7) is 5.44. The number of aliphatic hydroxyl groups is 1. The molecule has 0 spiro atoms. The molecule has 0 radical (unpaired) electrons. The Morgan fingerprint density at radius 1 is 1.08 bits per heavy atom. The molecular weight excluding hydrogens is 492 g/mol. The molecule has 2 aromatic rings. The van der Waals surface area contributed by atoms with Crippen LogP contribution >= 0.6 is 0 Å². The molecule has 6 rings (SSSR count). The first kappa shape index (κ1) is 26.8. The number of carbonyl (C=O) groups excluding carboxylic acids is 1. The molecule has 7 heteroatoms. The molecule has 212 valence electrons. The van der Waals surface area contributed by atoms with Crippen LogP contribution in [0.15, 0.2) is 33.5 Å². The molecule has 4 saturated carbocycles. The van der Waals surface area contributed by atoms with E-state index < -0.39 is 5.63 Å². The number of amides is 1. The fourth-order valence-electron chi connectivity index (χ4n) is 9.48. The number of ether oxygens (including phenoxy) is 1. The number of carbonyl (C=O) groups is 1. The molecule has 4 aliphatic carbocycles. The van der Waals surface area contributed by atoms with Crippen molar-refractivity contribution in [1.82, 2.24) is 5.32 Å². The van der Waals surface area contributed by atoms with E-state index in [-0.39, 0.29) is 30.1 Å². The molecule has 0 bridgehead atoms. The van der Waals surface area contributed by atoms with Gasteiger partial charge in [-0.1, -0.05) is 13.8 Å². The molecule has 8 atom stereocenters. The molecule has 1 aromatic carbocycles. The first-order valence-electron chi connectivity index (χ1n) is 15.1. The van der Waals surface area contributed by atoms with Crippen molar-refractivity contribution in [3.8, 4) is 0 Å². The molecule has 1 amide bonds. The number of nitrogens with one attached hydrogen (secondary N) is 1. The number of nitrogens with two attached hydrogens (primary N) is 1. The van der Waals surface area contributed by atoms with Gasteiger partial charge in [0.05, 0.1) is 12.2 Å². The van der Waals surface area contributed by atoms with E-state index in [1.807, 2.05) is 6.07 Å². The summed E-state index contributed by atoms with van der Waals surface area (Å²) in [5, 5.41) is 14.1. The number of aliphatic hydroxyl groups excluding tert-OH is 1. The average molecular weight is 537 g/mol. The van der Waals surface area contributed by atoms with Crippen molar-refractivity contribution in [3.05, 3.63) is 40.2 Å². The fourth-order valence-corrected chi connectivity index (χ4v) is 9.48. The topological polar surface area (TPSA) is 115 Å². The largest absolute Gasteiger partial charge is 0.423 e. The number of nitrogen functional groups attached to an aromatic ring is 1. The molecule has 4 fully saturated rings. The normalized spacial score (nSPS) is 37.6. The van der Waals surface area contributed by atoms with Crippen molar-refractivity contribution in [2.75, 3.05) is 18.9 Å². The first-order chi connectivity index (χ1) is 18.7. The summed E-state index contributed by atoms with van der Waals surface area (Å²) in [5.41, 5.74) is 7.76. The van der Waals surface area contributed by atoms with E-state index in [9.17, 15) is 14.7 Å². The average Bonchev–Trinajstić information content (AvgIpc) is 3.23. The van der Waals surface area contributed by atoms with Gasteiger partial charge in [0.1, 0.15) is 12.2 Å². The molecule has 0 aliphatic heterocycles. The quantitative estimate of drug-likeness (QED) is 0.360. The number of hydrogen-bond acceptors (Lipinski definition) is 6. The summed E-state index contributed by atoms with van der Waals surface area (Å²) in [7, 11) is 0. The van der Waals surface area contributed by atoms with Gasteiger partial charge in [0.25, 0.3) is 0 Å². The lowest BCUT2D eigenvalue weighted by Crippen LogP contribution is -2.54. The Morgan fingerprint density at radius 2 is 1.87 bits per heavy atom. The second kappa shape index (κ2) is 10.2. The van der Waals surface area contributed by atoms with Crippen LogP contribution in [0.3, 0.4) is 0 Å². The van der Waals surface area contributed by atoms with Crippen LogP contribution in [-0.4, -0.2) is 36.4 Å². The van der Waals surface area contributed by atoms with E-state index in [1.54, 1.807) is 12.1 Å². The predicted molar refractivity (Wildman–Crippen MR) is 151 cm³/mol. The highest BCUT2D eigenvalue weighted by atomic mass is 16.5. The molecule has 4 aliphatic rings. The summed E-state index contributed by atoms with van der Waals surface area (Å²) in [4.78, 5) is 24.7. The van der Waals surface area contributed by atoms with Crippen molar-refractivity contribution in [1.29, 1.82) is 0 Å². The van der Waals surface area contributed by atoms with Crippen LogP contribution in [0.4, 0.5) is 5.69 Å². The zero-order chi connectivity index (χ0) is 27.4. The SMILES string of the molecule is C[C@]12CC[C@@H](O)C[C@@H]1CC[C@@H]1[C@@H]2CC[C@]2(C)[C@@H](OCC(=O)NCCc3cc(=O)oc4cc(N)ccc34)CC[C@@H]12. The summed E-state index contributed by atoms with van der Waals surface area (Å²) >= 11 is 0. The van der Waals surface area contributed by atoms with Gasteiger partial charge in [-0.05, 0) is 116 Å². The van der Waals surface area contributed by atoms with E-state index in [2.05, 4.69) is 19.2 Å². The summed E-state index contributed by atoms with van der Waals surface area (Å²) in [5.74, 6) is 2.74. The Balaban J connectivity index is 1.03. The van der Waals surface area contributed by atoms with Gasteiger partial charge in [0.15, 0.2) is 0 Å². The van der Waals surface area contributed by atoms with Crippen molar-refractivity contribution in [3.63, 3.8) is 0 Å². The van der Waals surface area contributed by atoms with Gasteiger partial charge in [-0.3, -0.25) is 4.79 Å². The van der Waals surface area contributed by atoms with Gasteiger partial charge in [-0.15, -0.1) is 0 Å². The number of rotatable bonds is 6. The minimum Gasteiger partial charge on any atom is -0.423 e. The first-order valence-corrected chi connectivity index (χ1v) is 15.1. The minimum atomic E-state index is -0.417. The van der Waals surface area contributed by atoms with E-state index in [0.717, 1.165) is 42.0 Å². The van der Waals surface area contributed by atoms with Crippen molar-refractivity contribution >= 4 is 22.6 Å². The molecule has 7 nitrogen and oxygen atoms in total. The van der Waals surface area contributed by atoms with E-state index in [1.165, 1.54) is 44.6 Å². The van der Waals surface area contributed by atoms with Crippen LogP contribution in [0, 0.1) is 34.5 Å². The van der Waals surface area contributed by atoms with Crippen LogP contribution in [0.5, 0.6) is 0 Å². The fraction of sp³-hybridized carbons (Fsp3) is 0.688. The molecule has 1 aromatic heterocycles. The van der Waals surface area contributed by atoms with Crippen molar-refractivity contribution in [2.24, 2.45) is 34.5 Å².